The summed E-state index contributed by atoms with van der Waals surface area (Å²) >= 11 is 0. The smallest absolute Gasteiger partial charge is 0.109 e. The fraction of sp³-hybridized carbons (Fsp3) is 0.789. The van der Waals surface area contributed by atoms with Crippen LogP contribution in [0.15, 0.2) is 16.5 Å². The van der Waals surface area contributed by atoms with Crippen LogP contribution in [0.1, 0.15) is 71.8 Å². The van der Waals surface area contributed by atoms with Gasteiger partial charge in [-0.15, -0.1) is 0 Å². The van der Waals surface area contributed by atoms with Gasteiger partial charge in [0.15, 0.2) is 0 Å². The highest BCUT2D eigenvalue weighted by Gasteiger charge is 2.31. The topological polar surface area (TPSA) is 25.2 Å². The lowest BCUT2D eigenvalue weighted by molar-refractivity contribution is 0.186. The zero-order chi connectivity index (χ0) is 15.6. The highest BCUT2D eigenvalue weighted by molar-refractivity contribution is 5.15. The maximum atomic E-state index is 5.85. The van der Waals surface area contributed by atoms with E-state index in [1.807, 2.05) is 6.92 Å². The molecule has 2 rings (SSSR count). The molecule has 4 atom stereocenters. The molecule has 0 saturated heterocycles. The van der Waals surface area contributed by atoms with Gasteiger partial charge in [0.05, 0.1) is 0 Å². The van der Waals surface area contributed by atoms with Crippen molar-refractivity contribution in [3.05, 3.63) is 23.7 Å². The molecule has 21 heavy (non-hydrogen) atoms. The second-order valence-corrected chi connectivity index (χ2v) is 7.94. The Kier molecular flexibility index (Phi) is 5.19. The fourth-order valence-electron chi connectivity index (χ4n) is 3.91. The van der Waals surface area contributed by atoms with Crippen LogP contribution in [0.2, 0.25) is 0 Å². The molecule has 2 nitrogen and oxygen atoms in total. The first kappa shape index (κ1) is 16.6. The number of hydrogen-bond donors (Lipinski definition) is 1. The average Bonchev–Trinajstić information content (AvgIpc) is 2.82. The molecule has 1 N–H and O–H groups in total. The Morgan fingerprint density at radius 2 is 2.00 bits per heavy atom. The third-order valence-corrected chi connectivity index (χ3v) is 5.43. The molecular formula is C19H33NO. The summed E-state index contributed by atoms with van der Waals surface area (Å²) in [6, 6.07) is 5.40. The Morgan fingerprint density at radius 3 is 2.62 bits per heavy atom. The van der Waals surface area contributed by atoms with Gasteiger partial charge in [-0.3, -0.25) is 0 Å². The van der Waals surface area contributed by atoms with E-state index >= 15 is 0 Å². The molecular weight excluding hydrogens is 258 g/mol. The number of furan rings is 1. The predicted octanol–water partition coefficient (Wildman–Crippen LogP) is 5.06. The van der Waals surface area contributed by atoms with Crippen molar-refractivity contribution in [3.63, 3.8) is 0 Å². The van der Waals surface area contributed by atoms with E-state index in [0.29, 0.717) is 12.1 Å². The number of rotatable bonds is 5. The summed E-state index contributed by atoms with van der Waals surface area (Å²) in [4.78, 5) is 0. The van der Waals surface area contributed by atoms with Crippen molar-refractivity contribution in [2.45, 2.75) is 84.7 Å². The summed E-state index contributed by atoms with van der Waals surface area (Å²) in [5, 5.41) is 3.89. The average molecular weight is 291 g/mol. The van der Waals surface area contributed by atoms with Crippen molar-refractivity contribution < 1.29 is 4.42 Å². The number of nitrogens with one attached hydrogen (secondary N) is 1. The monoisotopic (exact) mass is 291 g/mol. The van der Waals surface area contributed by atoms with E-state index in [1.54, 1.807) is 0 Å². The van der Waals surface area contributed by atoms with Gasteiger partial charge in [0.2, 0.25) is 0 Å². The highest BCUT2D eigenvalue weighted by Crippen LogP contribution is 2.32. The van der Waals surface area contributed by atoms with E-state index in [-0.39, 0.29) is 5.41 Å². The van der Waals surface area contributed by atoms with Crippen molar-refractivity contribution >= 4 is 0 Å². The van der Waals surface area contributed by atoms with Crippen molar-refractivity contribution in [3.8, 4) is 0 Å². The van der Waals surface area contributed by atoms with Crippen molar-refractivity contribution in [1.82, 2.24) is 5.32 Å². The van der Waals surface area contributed by atoms with E-state index in [9.17, 15) is 0 Å². The van der Waals surface area contributed by atoms with Crippen LogP contribution < -0.4 is 5.32 Å². The Labute approximate surface area is 130 Å². The molecule has 1 heterocycles. The van der Waals surface area contributed by atoms with Crippen LogP contribution in [0.4, 0.5) is 0 Å². The van der Waals surface area contributed by atoms with Crippen LogP contribution in [-0.4, -0.2) is 12.1 Å². The molecule has 1 saturated carbocycles. The van der Waals surface area contributed by atoms with Gasteiger partial charge in [-0.2, -0.15) is 0 Å². The molecule has 1 aromatic rings. The summed E-state index contributed by atoms with van der Waals surface area (Å²) in [6.07, 6.45) is 5.20. The van der Waals surface area contributed by atoms with Gasteiger partial charge in [-0.25, -0.2) is 0 Å². The Balaban J connectivity index is 1.93. The van der Waals surface area contributed by atoms with Crippen molar-refractivity contribution in [2.24, 2.45) is 11.8 Å². The molecule has 0 unspecified atom stereocenters. The van der Waals surface area contributed by atoms with E-state index in [1.165, 1.54) is 19.3 Å². The molecule has 0 spiro atoms. The van der Waals surface area contributed by atoms with Gasteiger partial charge < -0.3 is 9.73 Å². The van der Waals surface area contributed by atoms with E-state index in [4.69, 9.17) is 4.42 Å². The summed E-state index contributed by atoms with van der Waals surface area (Å²) < 4.78 is 5.85. The Hall–Kier alpha value is -0.760. The minimum absolute atomic E-state index is 0.0875. The standard InChI is InChI=1S/C19H33NO/c1-13-8-7-9-17(16(13)4)20-14(2)12-19(5,6)18-11-10-15(3)21-18/h10-11,13-14,16-17,20H,7-9,12H2,1-6H3/t13-,14+,16-,17-/m1/s1. The summed E-state index contributed by atoms with van der Waals surface area (Å²) in [6.45, 7) is 13.7. The highest BCUT2D eigenvalue weighted by atomic mass is 16.3. The van der Waals surface area contributed by atoms with Gasteiger partial charge in [-0.1, -0.05) is 40.5 Å². The van der Waals surface area contributed by atoms with Gasteiger partial charge in [0, 0.05) is 17.5 Å². The van der Waals surface area contributed by atoms with Gasteiger partial charge >= 0.3 is 0 Å². The third kappa shape index (κ3) is 4.12. The summed E-state index contributed by atoms with van der Waals surface area (Å²) in [5.74, 6) is 3.76. The molecule has 120 valence electrons. The van der Waals surface area contributed by atoms with Gasteiger partial charge in [0.1, 0.15) is 11.5 Å². The number of hydrogen-bond acceptors (Lipinski definition) is 2. The van der Waals surface area contributed by atoms with Crippen LogP contribution in [0.5, 0.6) is 0 Å². The Bertz CT molecular complexity index is 448. The second kappa shape index (κ2) is 6.56. The maximum Gasteiger partial charge on any atom is 0.109 e. The predicted molar refractivity (Wildman–Crippen MR) is 89.7 cm³/mol. The lowest BCUT2D eigenvalue weighted by Gasteiger charge is -2.38. The molecule has 1 fully saturated rings. The molecule has 1 aliphatic carbocycles. The maximum absolute atomic E-state index is 5.85. The molecule has 1 aromatic heterocycles. The van der Waals surface area contributed by atoms with E-state index in [0.717, 1.165) is 29.8 Å². The lowest BCUT2D eigenvalue weighted by atomic mass is 9.77. The molecule has 1 aliphatic rings. The third-order valence-electron chi connectivity index (χ3n) is 5.43. The molecule has 0 radical (unpaired) electrons. The SMILES string of the molecule is Cc1ccc(C(C)(C)C[C@H](C)N[C@@H]2CCC[C@@H](C)[C@H]2C)o1. The molecule has 0 amide bonds. The van der Waals surface area contributed by atoms with Crippen LogP contribution in [0, 0.1) is 18.8 Å². The first-order valence-electron chi connectivity index (χ1n) is 8.62. The van der Waals surface area contributed by atoms with Gasteiger partial charge in [0.25, 0.3) is 0 Å². The summed E-state index contributed by atoms with van der Waals surface area (Å²) in [7, 11) is 0. The number of aryl methyl sites for hydroxylation is 1. The van der Waals surface area contributed by atoms with Crippen molar-refractivity contribution in [1.29, 1.82) is 0 Å². The molecule has 0 bridgehead atoms. The Morgan fingerprint density at radius 1 is 1.29 bits per heavy atom. The first-order valence-corrected chi connectivity index (χ1v) is 8.62. The van der Waals surface area contributed by atoms with Crippen LogP contribution in [0.3, 0.4) is 0 Å². The molecule has 0 aromatic carbocycles. The van der Waals surface area contributed by atoms with Crippen LogP contribution in [0.25, 0.3) is 0 Å². The normalized spacial score (nSPS) is 28.6. The quantitative estimate of drug-likeness (QED) is 0.820. The second-order valence-electron chi connectivity index (χ2n) is 7.94. The van der Waals surface area contributed by atoms with E-state index in [2.05, 4.69) is 52.1 Å². The van der Waals surface area contributed by atoms with Crippen LogP contribution in [-0.2, 0) is 5.41 Å². The lowest BCUT2D eigenvalue weighted by Crippen LogP contribution is -2.46. The van der Waals surface area contributed by atoms with E-state index < -0.39 is 0 Å². The van der Waals surface area contributed by atoms with Gasteiger partial charge in [-0.05, 0) is 50.7 Å². The molecule has 0 aliphatic heterocycles. The minimum atomic E-state index is 0.0875. The minimum Gasteiger partial charge on any atom is -0.466 e. The zero-order valence-electron chi connectivity index (χ0n) is 14.7. The molecule has 2 heteroatoms. The van der Waals surface area contributed by atoms with Crippen LogP contribution >= 0.6 is 0 Å². The zero-order valence-corrected chi connectivity index (χ0v) is 14.7. The first-order chi connectivity index (χ1) is 9.79. The summed E-state index contributed by atoms with van der Waals surface area (Å²) in [5.41, 5.74) is 0.0875. The largest absolute Gasteiger partial charge is 0.466 e. The fourth-order valence-corrected chi connectivity index (χ4v) is 3.91. The van der Waals surface area contributed by atoms with Crippen molar-refractivity contribution in [2.75, 3.05) is 0 Å².